The maximum atomic E-state index is 12.5. The third-order valence-electron chi connectivity index (χ3n) is 3.73. The van der Waals surface area contributed by atoms with Crippen molar-refractivity contribution in [1.29, 1.82) is 0 Å². The fourth-order valence-corrected chi connectivity index (χ4v) is 3.63. The molecular weight excluding hydrogens is 310 g/mol. The maximum absolute atomic E-state index is 12.5. The lowest BCUT2D eigenvalue weighted by Crippen LogP contribution is -2.14. The quantitative estimate of drug-likeness (QED) is 0.645. The van der Waals surface area contributed by atoms with Crippen LogP contribution in [0.1, 0.15) is 23.2 Å². The molecule has 1 fully saturated rings. The zero-order valence-corrected chi connectivity index (χ0v) is 13.5. The second-order valence-electron chi connectivity index (χ2n) is 5.41. The number of aromatic hydroxyl groups is 1. The number of nitrogens with one attached hydrogen (secondary N) is 1. The van der Waals surface area contributed by atoms with E-state index in [1.165, 1.54) is 0 Å². The highest BCUT2D eigenvalue weighted by molar-refractivity contribution is 7.99. The number of anilines is 1. The van der Waals surface area contributed by atoms with Gasteiger partial charge in [0.15, 0.2) is 0 Å². The Bertz CT molecular complexity index is 683. The van der Waals surface area contributed by atoms with Crippen LogP contribution in [0, 0.1) is 0 Å². The van der Waals surface area contributed by atoms with Crippen LogP contribution in [0.25, 0.3) is 0 Å². The number of phenolic OH excluding ortho intramolecular Hbond substituents is 1. The first-order valence-electron chi connectivity index (χ1n) is 7.67. The predicted octanol–water partition coefficient (Wildman–Crippen LogP) is 3.92. The molecule has 1 aliphatic heterocycles. The zero-order chi connectivity index (χ0) is 16.1. The number of rotatable bonds is 5. The molecule has 0 bridgehead atoms. The smallest absolute Gasteiger partial charge is 0.256 e. The molecule has 1 aliphatic rings. The molecule has 5 heteroatoms. The topological polar surface area (TPSA) is 58.6 Å². The highest BCUT2D eigenvalue weighted by Crippen LogP contribution is 2.28. The number of ether oxygens (including phenoxy) is 1. The molecule has 3 rings (SSSR count). The summed E-state index contributed by atoms with van der Waals surface area (Å²) in [6.45, 7) is 0.834. The van der Waals surface area contributed by atoms with Gasteiger partial charge in [0.25, 0.3) is 5.91 Å². The van der Waals surface area contributed by atoms with Gasteiger partial charge >= 0.3 is 0 Å². The number of hydrogen-bond donors (Lipinski definition) is 2. The van der Waals surface area contributed by atoms with Crippen LogP contribution in [0.5, 0.6) is 5.75 Å². The van der Waals surface area contributed by atoms with E-state index in [4.69, 9.17) is 4.74 Å². The zero-order valence-electron chi connectivity index (χ0n) is 12.7. The van der Waals surface area contributed by atoms with Crippen molar-refractivity contribution in [3.63, 3.8) is 0 Å². The van der Waals surface area contributed by atoms with Gasteiger partial charge in [-0.3, -0.25) is 4.79 Å². The summed E-state index contributed by atoms with van der Waals surface area (Å²) in [5.41, 5.74) is 1.02. The number of amides is 1. The van der Waals surface area contributed by atoms with Crippen LogP contribution in [-0.2, 0) is 4.74 Å². The van der Waals surface area contributed by atoms with E-state index in [1.54, 1.807) is 42.1 Å². The molecular formula is C18H19NO3S. The second kappa shape index (κ2) is 7.53. The van der Waals surface area contributed by atoms with Gasteiger partial charge in [0.05, 0.1) is 17.4 Å². The van der Waals surface area contributed by atoms with E-state index in [-0.39, 0.29) is 17.8 Å². The third-order valence-corrected chi connectivity index (χ3v) is 4.94. The van der Waals surface area contributed by atoms with Gasteiger partial charge in [0, 0.05) is 17.3 Å². The summed E-state index contributed by atoms with van der Waals surface area (Å²) in [5.74, 6) is 0.688. The molecule has 1 atom stereocenters. The van der Waals surface area contributed by atoms with Crippen molar-refractivity contribution in [1.82, 2.24) is 0 Å². The number of thioether (sulfide) groups is 1. The molecule has 120 valence electrons. The van der Waals surface area contributed by atoms with Crippen molar-refractivity contribution < 1.29 is 14.6 Å². The van der Waals surface area contributed by atoms with Crippen molar-refractivity contribution in [3.05, 3.63) is 54.1 Å². The van der Waals surface area contributed by atoms with Gasteiger partial charge in [0.1, 0.15) is 5.75 Å². The Balaban J connectivity index is 1.71. The van der Waals surface area contributed by atoms with E-state index in [2.05, 4.69) is 5.32 Å². The Kier molecular flexibility index (Phi) is 5.20. The van der Waals surface area contributed by atoms with Gasteiger partial charge in [-0.05, 0) is 37.1 Å². The summed E-state index contributed by atoms with van der Waals surface area (Å²) in [6.07, 6.45) is 2.47. The normalized spacial score (nSPS) is 17.1. The Morgan fingerprint density at radius 3 is 2.78 bits per heavy atom. The van der Waals surface area contributed by atoms with Gasteiger partial charge in [0.2, 0.25) is 0 Å². The van der Waals surface area contributed by atoms with Crippen LogP contribution < -0.4 is 5.32 Å². The van der Waals surface area contributed by atoms with Crippen LogP contribution in [0.2, 0.25) is 0 Å². The van der Waals surface area contributed by atoms with E-state index >= 15 is 0 Å². The maximum Gasteiger partial charge on any atom is 0.256 e. The van der Waals surface area contributed by atoms with Crippen LogP contribution >= 0.6 is 11.8 Å². The van der Waals surface area contributed by atoms with Gasteiger partial charge < -0.3 is 15.2 Å². The van der Waals surface area contributed by atoms with Crippen molar-refractivity contribution in [3.8, 4) is 5.75 Å². The number of carbonyl (C=O) groups is 1. The number of benzene rings is 2. The average Bonchev–Trinajstić information content (AvgIpc) is 3.09. The summed E-state index contributed by atoms with van der Waals surface area (Å²) in [4.78, 5) is 13.4. The highest BCUT2D eigenvalue weighted by atomic mass is 32.2. The summed E-state index contributed by atoms with van der Waals surface area (Å²) in [7, 11) is 0. The molecule has 0 spiro atoms. The van der Waals surface area contributed by atoms with Crippen molar-refractivity contribution in [2.24, 2.45) is 0 Å². The number of hydrogen-bond acceptors (Lipinski definition) is 4. The molecule has 23 heavy (non-hydrogen) atoms. The Morgan fingerprint density at radius 1 is 1.22 bits per heavy atom. The molecule has 1 heterocycles. The molecule has 0 radical (unpaired) electrons. The summed E-state index contributed by atoms with van der Waals surface area (Å²) in [5, 5.41) is 12.5. The standard InChI is InChI=1S/C18H19NO3S/c20-16-9-3-2-8-15(16)19-18(21)14-7-1-4-10-17(14)23-12-13-6-5-11-22-13/h1-4,7-10,13,20H,5-6,11-12H2,(H,19,21)/t13-/m0/s1. The molecule has 0 aliphatic carbocycles. The minimum Gasteiger partial charge on any atom is -0.506 e. The van der Waals surface area contributed by atoms with Gasteiger partial charge in [-0.25, -0.2) is 0 Å². The molecule has 0 saturated carbocycles. The van der Waals surface area contributed by atoms with Gasteiger partial charge in [-0.2, -0.15) is 0 Å². The average molecular weight is 329 g/mol. The second-order valence-corrected chi connectivity index (χ2v) is 6.48. The first kappa shape index (κ1) is 15.9. The van der Waals surface area contributed by atoms with Crippen molar-refractivity contribution >= 4 is 23.4 Å². The molecule has 0 unspecified atom stereocenters. The number of carbonyl (C=O) groups excluding carboxylic acids is 1. The minimum absolute atomic E-state index is 0.0605. The van der Waals surface area contributed by atoms with E-state index in [0.717, 1.165) is 30.1 Å². The van der Waals surface area contributed by atoms with Crippen LogP contribution in [-0.4, -0.2) is 29.5 Å². The fraction of sp³-hybridized carbons (Fsp3) is 0.278. The Morgan fingerprint density at radius 2 is 2.00 bits per heavy atom. The molecule has 1 amide bonds. The lowest BCUT2D eigenvalue weighted by molar-refractivity contribution is 0.102. The first-order valence-corrected chi connectivity index (χ1v) is 8.65. The molecule has 1 saturated heterocycles. The van der Waals surface area contributed by atoms with Crippen LogP contribution in [0.4, 0.5) is 5.69 Å². The Hall–Kier alpha value is -1.98. The highest BCUT2D eigenvalue weighted by Gasteiger charge is 2.18. The van der Waals surface area contributed by atoms with Gasteiger partial charge in [-0.15, -0.1) is 11.8 Å². The lowest BCUT2D eigenvalue weighted by atomic mass is 10.2. The van der Waals surface area contributed by atoms with E-state index in [1.807, 2.05) is 18.2 Å². The van der Waals surface area contributed by atoms with Gasteiger partial charge in [-0.1, -0.05) is 24.3 Å². The largest absolute Gasteiger partial charge is 0.506 e. The minimum atomic E-state index is -0.220. The molecule has 2 N–H and O–H groups in total. The third kappa shape index (κ3) is 4.06. The summed E-state index contributed by atoms with van der Waals surface area (Å²) >= 11 is 1.64. The fourth-order valence-electron chi connectivity index (χ4n) is 2.51. The molecule has 4 nitrogen and oxygen atoms in total. The van der Waals surface area contributed by atoms with Crippen LogP contribution in [0.3, 0.4) is 0 Å². The Labute approximate surface area is 139 Å². The van der Waals surface area contributed by atoms with Crippen LogP contribution in [0.15, 0.2) is 53.4 Å². The summed E-state index contributed by atoms with van der Waals surface area (Å²) < 4.78 is 5.63. The van der Waals surface area contributed by atoms with E-state index < -0.39 is 0 Å². The van der Waals surface area contributed by atoms with Crippen molar-refractivity contribution in [2.45, 2.75) is 23.8 Å². The van der Waals surface area contributed by atoms with E-state index in [0.29, 0.717) is 11.3 Å². The molecule has 0 aromatic heterocycles. The summed E-state index contributed by atoms with van der Waals surface area (Å²) in [6, 6.07) is 14.2. The molecule has 2 aromatic rings. The molecule has 2 aromatic carbocycles. The number of para-hydroxylation sites is 2. The first-order chi connectivity index (χ1) is 11.2. The SMILES string of the molecule is O=C(Nc1ccccc1O)c1ccccc1SC[C@@H]1CCCO1. The predicted molar refractivity (Wildman–Crippen MR) is 92.2 cm³/mol. The van der Waals surface area contributed by atoms with Crippen molar-refractivity contribution in [2.75, 3.05) is 17.7 Å². The van der Waals surface area contributed by atoms with E-state index in [9.17, 15) is 9.90 Å². The monoisotopic (exact) mass is 329 g/mol. The lowest BCUT2D eigenvalue weighted by Gasteiger charge is -2.13. The number of phenols is 1.